The Bertz CT molecular complexity index is 561. The van der Waals surface area contributed by atoms with Crippen LogP contribution in [0.2, 0.25) is 0 Å². The Kier molecular flexibility index (Phi) is 8.47. The van der Waals surface area contributed by atoms with Crippen LogP contribution in [0.15, 0.2) is 30.3 Å². The summed E-state index contributed by atoms with van der Waals surface area (Å²) in [5.41, 5.74) is 0.932. The van der Waals surface area contributed by atoms with Crippen LogP contribution in [0.25, 0.3) is 0 Å². The van der Waals surface area contributed by atoms with Gasteiger partial charge in [-0.15, -0.1) is 11.6 Å². The number of hydrogen-bond acceptors (Lipinski definition) is 3. The second-order valence-electron chi connectivity index (χ2n) is 6.23. The van der Waals surface area contributed by atoms with E-state index in [2.05, 4.69) is 10.6 Å². The number of alkyl halides is 1. The number of rotatable bonds is 9. The molecule has 0 heterocycles. The number of hydrogen-bond donors (Lipinski definition) is 2. The highest BCUT2D eigenvalue weighted by Crippen LogP contribution is 2.08. The van der Waals surface area contributed by atoms with Gasteiger partial charge in [-0.25, -0.2) is 0 Å². The maximum absolute atomic E-state index is 12.5. The van der Waals surface area contributed by atoms with Gasteiger partial charge in [-0.1, -0.05) is 44.2 Å². The first-order valence-corrected chi connectivity index (χ1v) is 8.57. The predicted molar refractivity (Wildman–Crippen MR) is 94.9 cm³/mol. The van der Waals surface area contributed by atoms with E-state index in [4.69, 9.17) is 11.6 Å². The molecule has 0 radical (unpaired) electrons. The molecule has 0 spiro atoms. The highest BCUT2D eigenvalue weighted by molar-refractivity contribution is 6.28. The fourth-order valence-electron chi connectivity index (χ4n) is 2.41. The third kappa shape index (κ3) is 7.13. The topological polar surface area (TPSA) is 75.3 Å². The van der Waals surface area contributed by atoms with E-state index in [9.17, 15) is 14.4 Å². The molecule has 0 bridgehead atoms. The van der Waals surface area contributed by atoms with E-state index < -0.39 is 12.1 Å². The van der Waals surface area contributed by atoms with Crippen molar-refractivity contribution < 1.29 is 14.4 Å². The second kappa shape index (κ2) is 10.1. The van der Waals surface area contributed by atoms with Gasteiger partial charge in [0.05, 0.1) is 11.9 Å². The molecule has 1 rings (SSSR count). The monoisotopic (exact) mass is 352 g/mol. The first-order valence-electron chi connectivity index (χ1n) is 8.03. The number of nitrogens with one attached hydrogen (secondary N) is 2. The van der Waals surface area contributed by atoms with Crippen LogP contribution in [0, 0.1) is 5.92 Å². The summed E-state index contributed by atoms with van der Waals surface area (Å²) in [5.74, 6) is -0.839. The van der Waals surface area contributed by atoms with Crippen LogP contribution >= 0.6 is 11.6 Å². The normalized spacial score (nSPS) is 13.2. The van der Waals surface area contributed by atoms with Crippen molar-refractivity contribution >= 4 is 29.2 Å². The van der Waals surface area contributed by atoms with Crippen molar-refractivity contribution in [3.05, 3.63) is 35.9 Å². The molecule has 2 atom stereocenters. The van der Waals surface area contributed by atoms with Gasteiger partial charge in [-0.2, -0.15) is 0 Å². The van der Waals surface area contributed by atoms with Gasteiger partial charge in [0.25, 0.3) is 0 Å². The van der Waals surface area contributed by atoms with E-state index in [1.807, 2.05) is 44.2 Å². The largest absolute Gasteiger partial charge is 0.345 e. The molecular formula is C18H25ClN2O3. The van der Waals surface area contributed by atoms with E-state index in [-0.39, 0.29) is 29.4 Å². The average Bonchev–Trinajstić information content (AvgIpc) is 2.52. The van der Waals surface area contributed by atoms with Crippen molar-refractivity contribution in [2.45, 2.75) is 45.7 Å². The molecule has 5 nitrogen and oxygen atoms in total. The molecular weight excluding hydrogens is 328 g/mol. The van der Waals surface area contributed by atoms with Crippen molar-refractivity contribution in [3.63, 3.8) is 0 Å². The first kappa shape index (κ1) is 20.2. The summed E-state index contributed by atoms with van der Waals surface area (Å²) in [6, 6.07) is 8.04. The van der Waals surface area contributed by atoms with Crippen molar-refractivity contribution in [1.82, 2.24) is 10.6 Å². The molecule has 2 unspecified atom stereocenters. The zero-order chi connectivity index (χ0) is 18.1. The van der Waals surface area contributed by atoms with Crippen LogP contribution in [0.4, 0.5) is 0 Å². The fraction of sp³-hybridized carbons (Fsp3) is 0.500. The number of benzene rings is 1. The minimum atomic E-state index is -0.708. The fourth-order valence-corrected chi connectivity index (χ4v) is 2.60. The maximum atomic E-state index is 12.5. The number of amides is 2. The van der Waals surface area contributed by atoms with Gasteiger partial charge in [-0.05, 0) is 24.3 Å². The molecule has 2 N–H and O–H groups in total. The molecule has 0 saturated carbocycles. The second-order valence-corrected chi connectivity index (χ2v) is 6.50. The Hall–Kier alpha value is -1.88. The van der Waals surface area contributed by atoms with E-state index in [1.165, 1.54) is 6.92 Å². The minimum Gasteiger partial charge on any atom is -0.345 e. The summed E-state index contributed by atoms with van der Waals surface area (Å²) in [4.78, 5) is 35.9. The Morgan fingerprint density at radius 3 is 2.17 bits per heavy atom. The maximum Gasteiger partial charge on any atom is 0.243 e. The number of halogens is 1. The zero-order valence-corrected chi connectivity index (χ0v) is 15.1. The van der Waals surface area contributed by atoms with Gasteiger partial charge < -0.3 is 10.6 Å². The summed E-state index contributed by atoms with van der Waals surface area (Å²) in [7, 11) is 0. The summed E-state index contributed by atoms with van der Waals surface area (Å²) >= 11 is 5.67. The molecule has 1 aromatic rings. The third-order valence-corrected chi connectivity index (χ3v) is 3.78. The molecule has 2 amide bonds. The average molecular weight is 353 g/mol. The molecule has 0 fully saturated rings. The Morgan fingerprint density at radius 2 is 1.67 bits per heavy atom. The molecule has 0 aromatic heterocycles. The molecule has 0 aliphatic heterocycles. The van der Waals surface area contributed by atoms with Gasteiger partial charge in [0, 0.05) is 6.92 Å². The van der Waals surface area contributed by atoms with Crippen molar-refractivity contribution in [3.8, 4) is 0 Å². The van der Waals surface area contributed by atoms with E-state index in [0.717, 1.165) is 5.56 Å². The Morgan fingerprint density at radius 1 is 1.04 bits per heavy atom. The summed E-state index contributed by atoms with van der Waals surface area (Å²) in [6.45, 7) is 5.30. The molecule has 6 heteroatoms. The number of ketones is 1. The van der Waals surface area contributed by atoms with Crippen molar-refractivity contribution in [2.24, 2.45) is 5.92 Å². The SMILES string of the molecule is CC(=O)NC(CC(C)C)C(=O)NC(Cc1ccccc1)C(=O)CCl. The van der Waals surface area contributed by atoms with Crippen molar-refractivity contribution in [2.75, 3.05) is 5.88 Å². The molecule has 1 aromatic carbocycles. The van der Waals surface area contributed by atoms with Crippen LogP contribution in [0.1, 0.15) is 32.8 Å². The quantitative estimate of drug-likeness (QED) is 0.668. The lowest BCUT2D eigenvalue weighted by Crippen LogP contribution is -2.52. The van der Waals surface area contributed by atoms with E-state index >= 15 is 0 Å². The lowest BCUT2D eigenvalue weighted by atomic mass is 10.00. The summed E-state index contributed by atoms with van der Waals surface area (Å²) in [5, 5.41) is 5.38. The van der Waals surface area contributed by atoms with Crippen LogP contribution in [-0.4, -0.2) is 35.6 Å². The zero-order valence-electron chi connectivity index (χ0n) is 14.3. The predicted octanol–water partition coefficient (Wildman–Crippen LogP) is 2.07. The van der Waals surface area contributed by atoms with Crippen LogP contribution in [-0.2, 0) is 20.8 Å². The highest BCUT2D eigenvalue weighted by atomic mass is 35.5. The molecule has 0 aliphatic carbocycles. The van der Waals surface area contributed by atoms with Crippen LogP contribution in [0.5, 0.6) is 0 Å². The molecule has 24 heavy (non-hydrogen) atoms. The Labute approximate surface area is 148 Å². The summed E-state index contributed by atoms with van der Waals surface area (Å²) in [6.07, 6.45) is 0.866. The van der Waals surface area contributed by atoms with E-state index in [1.54, 1.807) is 0 Å². The minimum absolute atomic E-state index is 0.174. The summed E-state index contributed by atoms with van der Waals surface area (Å²) < 4.78 is 0. The first-order chi connectivity index (χ1) is 11.3. The van der Waals surface area contributed by atoms with Gasteiger partial charge >= 0.3 is 0 Å². The number of carbonyl (C=O) groups excluding carboxylic acids is 3. The Balaban J connectivity index is 2.84. The lowest BCUT2D eigenvalue weighted by Gasteiger charge is -2.23. The number of carbonyl (C=O) groups is 3. The lowest BCUT2D eigenvalue weighted by molar-refractivity contribution is -0.130. The molecule has 132 valence electrons. The molecule has 0 saturated heterocycles. The standard InChI is InChI=1S/C18H25ClN2O3/c1-12(2)9-16(20-13(3)22)18(24)21-15(17(23)11-19)10-14-7-5-4-6-8-14/h4-8,12,15-16H,9-11H2,1-3H3,(H,20,22)(H,21,24). The smallest absolute Gasteiger partial charge is 0.243 e. The van der Waals surface area contributed by atoms with Crippen molar-refractivity contribution in [1.29, 1.82) is 0 Å². The van der Waals surface area contributed by atoms with Gasteiger partial charge in [0.2, 0.25) is 11.8 Å². The number of Topliss-reactive ketones (excluding diaryl/α,β-unsaturated/α-hetero) is 1. The highest BCUT2D eigenvalue weighted by Gasteiger charge is 2.26. The van der Waals surface area contributed by atoms with Crippen LogP contribution in [0.3, 0.4) is 0 Å². The van der Waals surface area contributed by atoms with Gasteiger partial charge in [0.1, 0.15) is 6.04 Å². The van der Waals surface area contributed by atoms with Crippen LogP contribution < -0.4 is 10.6 Å². The van der Waals surface area contributed by atoms with Gasteiger partial charge in [-0.3, -0.25) is 14.4 Å². The molecule has 0 aliphatic rings. The third-order valence-electron chi connectivity index (χ3n) is 3.52. The van der Waals surface area contributed by atoms with E-state index in [0.29, 0.717) is 12.8 Å². The van der Waals surface area contributed by atoms with Gasteiger partial charge in [0.15, 0.2) is 5.78 Å².